The lowest BCUT2D eigenvalue weighted by atomic mass is 9.77. The number of piperidine rings is 1. The molecule has 0 aliphatic carbocycles. The molecule has 3 heterocycles. The van der Waals surface area contributed by atoms with E-state index in [1.165, 1.54) is 25.3 Å². The van der Waals surface area contributed by atoms with Crippen molar-refractivity contribution in [2.75, 3.05) is 20.2 Å². The van der Waals surface area contributed by atoms with E-state index in [1.54, 1.807) is 11.0 Å². The summed E-state index contributed by atoms with van der Waals surface area (Å²) in [5, 5.41) is 15.6. The molecule has 3 atom stereocenters. The van der Waals surface area contributed by atoms with Crippen molar-refractivity contribution in [2.24, 2.45) is 0 Å². The van der Waals surface area contributed by atoms with Gasteiger partial charge in [-0.25, -0.2) is 8.78 Å². The van der Waals surface area contributed by atoms with Crippen molar-refractivity contribution in [3.05, 3.63) is 117 Å². The second kappa shape index (κ2) is 15.2. The molecule has 12 heteroatoms. The van der Waals surface area contributed by atoms with Gasteiger partial charge in [-0.05, 0) is 67.1 Å². The monoisotopic (exact) mass is 752 g/mol. The number of aryl methyl sites for hydroxylation is 1. The molecule has 3 amide bonds. The van der Waals surface area contributed by atoms with Crippen LogP contribution in [0.25, 0.3) is 11.1 Å². The van der Waals surface area contributed by atoms with E-state index in [-0.39, 0.29) is 51.4 Å². The lowest BCUT2D eigenvalue weighted by molar-refractivity contribution is -0.136. The molecule has 0 bridgehead atoms. The summed E-state index contributed by atoms with van der Waals surface area (Å²) in [4.78, 5) is 39.0. The average molecular weight is 753 g/mol. The maximum Gasteiger partial charge on any atom is 0.255 e. The van der Waals surface area contributed by atoms with Gasteiger partial charge in [0, 0.05) is 53.7 Å². The van der Waals surface area contributed by atoms with E-state index in [4.69, 9.17) is 21.1 Å². The molecule has 54 heavy (non-hydrogen) atoms. The molecule has 7 rings (SSSR count). The van der Waals surface area contributed by atoms with Crippen LogP contribution >= 0.6 is 11.6 Å². The van der Waals surface area contributed by atoms with Crippen molar-refractivity contribution in [2.45, 2.75) is 69.6 Å². The minimum atomic E-state index is -1.01. The third-order valence-electron chi connectivity index (χ3n) is 11.0. The number of carbonyl (C=O) groups excluding carboxylic acids is 3. The van der Waals surface area contributed by atoms with Crippen molar-refractivity contribution in [1.29, 1.82) is 5.26 Å². The minimum Gasteiger partial charge on any atom is -0.494 e. The number of nitrogens with one attached hydrogen (secondary N) is 2. The van der Waals surface area contributed by atoms with Gasteiger partial charge < -0.3 is 19.7 Å². The Bertz CT molecular complexity index is 2190. The molecule has 1 saturated heterocycles. The topological polar surface area (TPSA) is 121 Å². The van der Waals surface area contributed by atoms with Gasteiger partial charge in [0.05, 0.1) is 23.8 Å². The van der Waals surface area contributed by atoms with E-state index in [9.17, 15) is 19.6 Å². The second-order valence-electron chi connectivity index (χ2n) is 14.0. The fourth-order valence-corrected chi connectivity index (χ4v) is 8.42. The van der Waals surface area contributed by atoms with E-state index in [2.05, 4.69) is 10.6 Å². The number of ether oxygens (including phenoxy) is 2. The van der Waals surface area contributed by atoms with Gasteiger partial charge in [-0.3, -0.25) is 19.7 Å². The maximum atomic E-state index is 15.9. The van der Waals surface area contributed by atoms with Gasteiger partial charge in [0.15, 0.2) is 17.2 Å². The highest BCUT2D eigenvalue weighted by molar-refractivity contribution is 6.34. The molecular formula is C42H39ClF2N4O5. The Labute approximate surface area is 317 Å². The molecule has 2 N–H and O–H groups in total. The normalized spacial score (nSPS) is 20.3. The number of nitrogens with zero attached hydrogens (tertiary/aromatic N) is 2. The van der Waals surface area contributed by atoms with Crippen LogP contribution in [0.5, 0.6) is 11.5 Å². The van der Waals surface area contributed by atoms with E-state index in [1.807, 2.05) is 55.5 Å². The first-order valence-corrected chi connectivity index (χ1v) is 18.5. The zero-order valence-electron chi connectivity index (χ0n) is 29.9. The number of carbonyl (C=O) groups is 3. The van der Waals surface area contributed by atoms with E-state index >= 15 is 8.78 Å². The predicted molar refractivity (Wildman–Crippen MR) is 198 cm³/mol. The molecular weight excluding hydrogens is 714 g/mol. The van der Waals surface area contributed by atoms with Gasteiger partial charge in [0.1, 0.15) is 17.6 Å². The van der Waals surface area contributed by atoms with E-state index in [0.29, 0.717) is 37.2 Å². The van der Waals surface area contributed by atoms with Crippen molar-refractivity contribution in [1.82, 2.24) is 15.5 Å². The van der Waals surface area contributed by atoms with Crippen molar-refractivity contribution in [3.63, 3.8) is 0 Å². The molecule has 9 nitrogen and oxygen atoms in total. The summed E-state index contributed by atoms with van der Waals surface area (Å²) in [5.74, 6) is -2.85. The highest BCUT2D eigenvalue weighted by atomic mass is 35.5. The number of rotatable bonds is 12. The van der Waals surface area contributed by atoms with Crippen LogP contribution in [0.1, 0.15) is 83.1 Å². The molecule has 278 valence electrons. The van der Waals surface area contributed by atoms with Crippen LogP contribution in [0, 0.1) is 23.0 Å². The molecule has 3 aliphatic heterocycles. The molecule has 1 fully saturated rings. The lowest BCUT2D eigenvalue weighted by Crippen LogP contribution is -2.52. The predicted octanol–water partition coefficient (Wildman–Crippen LogP) is 7.32. The van der Waals surface area contributed by atoms with E-state index in [0.717, 1.165) is 42.4 Å². The Kier molecular flexibility index (Phi) is 10.4. The second-order valence-corrected chi connectivity index (χ2v) is 14.4. The highest BCUT2D eigenvalue weighted by Crippen LogP contribution is 2.56. The van der Waals surface area contributed by atoms with Gasteiger partial charge in [-0.2, -0.15) is 5.26 Å². The third-order valence-corrected chi connectivity index (χ3v) is 11.3. The molecule has 0 radical (unpaired) electrons. The Morgan fingerprint density at radius 2 is 1.85 bits per heavy atom. The van der Waals surface area contributed by atoms with Gasteiger partial charge in [-0.1, -0.05) is 67.4 Å². The largest absolute Gasteiger partial charge is 0.494 e. The number of fused-ring (bicyclic) bond motifs is 2. The average Bonchev–Trinajstić information content (AvgIpc) is 3.65. The van der Waals surface area contributed by atoms with Gasteiger partial charge in [0.2, 0.25) is 11.8 Å². The number of benzene rings is 4. The molecule has 1 unspecified atom stereocenters. The Morgan fingerprint density at radius 1 is 1.06 bits per heavy atom. The number of imide groups is 1. The van der Waals surface area contributed by atoms with Gasteiger partial charge >= 0.3 is 0 Å². The van der Waals surface area contributed by atoms with Crippen LogP contribution < -0.4 is 20.1 Å². The number of unbranched alkanes of at least 4 members (excludes halogenated alkanes) is 2. The SMILES string of the molecule is COc1ccc(C#N)c(-c2c(Cl)c(F)cc3c2[C@H](C)[C@@](CNCCCCCc2cccc4c2CN(C2CCC(=O)NC2=O)C4=O)(c2ccccc2)O3)c1F. The zero-order chi connectivity index (χ0) is 38.1. The summed E-state index contributed by atoms with van der Waals surface area (Å²) in [6.07, 6.45) is 3.92. The standard InChI is InChI=1S/C42H39ClF2N4O5/c1-24-35-33(20-30(44)38(43)37(35)36-26(21-46)15-17-32(53-2)39(36)45)54-42(24,27-12-6-3-7-13-27)23-47-19-8-4-5-10-25-11-9-14-28-29(25)22-49(41(28)52)31-16-18-34(50)48-40(31)51/h3,6-7,9,11-15,17,20,24,31,47H,4-5,8,10,16,18-19,22-23H2,1-2H3,(H,48,50,51)/t24-,31?,42-/m0/s1. The van der Waals surface area contributed by atoms with Crippen LogP contribution in [0.3, 0.4) is 0 Å². The quantitative estimate of drug-likeness (QED) is 0.115. The summed E-state index contributed by atoms with van der Waals surface area (Å²) >= 11 is 6.61. The maximum absolute atomic E-state index is 15.9. The first-order valence-electron chi connectivity index (χ1n) is 18.1. The van der Waals surface area contributed by atoms with Crippen molar-refractivity contribution in [3.8, 4) is 28.7 Å². The Hall–Kier alpha value is -5.31. The lowest BCUT2D eigenvalue weighted by Gasteiger charge is -2.34. The van der Waals surface area contributed by atoms with Crippen molar-refractivity contribution < 1.29 is 32.6 Å². The fourth-order valence-electron chi connectivity index (χ4n) is 8.17. The van der Waals surface area contributed by atoms with Crippen LogP contribution in [-0.2, 0) is 28.2 Å². The van der Waals surface area contributed by atoms with Crippen LogP contribution in [0.4, 0.5) is 8.78 Å². The molecule has 0 aromatic heterocycles. The van der Waals surface area contributed by atoms with E-state index < -0.39 is 35.1 Å². The number of halogens is 3. The molecule has 4 aromatic rings. The summed E-state index contributed by atoms with van der Waals surface area (Å²) in [6.45, 7) is 3.29. The summed E-state index contributed by atoms with van der Waals surface area (Å²) in [7, 11) is 1.32. The number of amides is 3. The van der Waals surface area contributed by atoms with Crippen LogP contribution in [-0.4, -0.2) is 48.9 Å². The molecule has 4 aromatic carbocycles. The highest BCUT2D eigenvalue weighted by Gasteiger charge is 2.50. The zero-order valence-corrected chi connectivity index (χ0v) is 30.7. The van der Waals surface area contributed by atoms with Gasteiger partial charge in [0.25, 0.3) is 5.91 Å². The summed E-state index contributed by atoms with van der Waals surface area (Å²) in [5.41, 5.74) is 2.88. The number of hydrogen-bond donors (Lipinski definition) is 2. The molecule has 0 spiro atoms. The minimum absolute atomic E-state index is 0.00997. The number of methoxy groups -OCH3 is 1. The smallest absolute Gasteiger partial charge is 0.255 e. The first kappa shape index (κ1) is 37.0. The van der Waals surface area contributed by atoms with Crippen LogP contribution in [0.2, 0.25) is 5.02 Å². The summed E-state index contributed by atoms with van der Waals surface area (Å²) < 4.78 is 43.4. The first-order chi connectivity index (χ1) is 26.1. The Balaban J connectivity index is 1.04. The van der Waals surface area contributed by atoms with Crippen molar-refractivity contribution >= 4 is 29.3 Å². The number of nitriles is 1. The number of hydrogen-bond acceptors (Lipinski definition) is 7. The molecule has 3 aliphatic rings. The van der Waals surface area contributed by atoms with Gasteiger partial charge in [-0.15, -0.1) is 0 Å². The summed E-state index contributed by atoms with van der Waals surface area (Å²) in [6, 6.07) is 20.7. The molecule has 0 saturated carbocycles. The third kappa shape index (κ3) is 6.48. The Morgan fingerprint density at radius 3 is 2.59 bits per heavy atom. The van der Waals surface area contributed by atoms with Crippen LogP contribution in [0.15, 0.2) is 66.7 Å². The fraction of sp³-hybridized carbons (Fsp3) is 0.333.